The lowest BCUT2D eigenvalue weighted by atomic mass is 10.1. The minimum Gasteiger partial charge on any atom is -0.445 e. The number of anilines is 1. The van der Waals surface area contributed by atoms with Gasteiger partial charge in [0, 0.05) is 6.42 Å². The molecule has 0 saturated carbocycles. The molecule has 0 spiro atoms. The maximum absolute atomic E-state index is 13.4. The van der Waals surface area contributed by atoms with E-state index in [1.165, 1.54) is 17.2 Å². The first kappa shape index (κ1) is 27.3. The highest BCUT2D eigenvalue weighted by atomic mass is 16.6. The van der Waals surface area contributed by atoms with Gasteiger partial charge in [0.05, 0.1) is 19.3 Å². The second kappa shape index (κ2) is 12.3. The molecule has 0 aliphatic carbocycles. The quantitative estimate of drug-likeness (QED) is 0.222. The number of fused-ring (bicyclic) bond motifs is 1. The summed E-state index contributed by atoms with van der Waals surface area (Å²) in [5.41, 5.74) is 1.97. The van der Waals surface area contributed by atoms with Gasteiger partial charge in [-0.1, -0.05) is 60.7 Å². The molecule has 1 aromatic heterocycles. The SMILES string of the molecule is O=C(N[C@H](Cc1ccccc1)C(=O)N[C@@H]1N=CNc2c1ncn2[C@@H]1O[C@H](CO)[C@H](O)[C@H]1O)OCc1ccccc1. The summed E-state index contributed by atoms with van der Waals surface area (Å²) < 4.78 is 12.4. The summed E-state index contributed by atoms with van der Waals surface area (Å²) in [6.07, 6.45) is -3.30. The zero-order chi connectivity index (χ0) is 28.1. The second-order valence-electron chi connectivity index (χ2n) is 9.40. The molecule has 0 bridgehead atoms. The van der Waals surface area contributed by atoms with Crippen molar-refractivity contribution in [3.05, 3.63) is 83.8 Å². The Kier molecular flexibility index (Phi) is 8.36. The van der Waals surface area contributed by atoms with Crippen molar-refractivity contribution >= 4 is 24.2 Å². The molecular formula is C27H30N6O7. The van der Waals surface area contributed by atoms with E-state index in [9.17, 15) is 24.9 Å². The van der Waals surface area contributed by atoms with Crippen LogP contribution in [0.3, 0.4) is 0 Å². The lowest BCUT2D eigenvalue weighted by Crippen LogP contribution is -2.49. The fourth-order valence-electron chi connectivity index (χ4n) is 4.58. The number of imidazole rings is 1. The van der Waals surface area contributed by atoms with Gasteiger partial charge in [-0.25, -0.2) is 14.8 Å². The third-order valence-electron chi connectivity index (χ3n) is 6.68. The van der Waals surface area contributed by atoms with Gasteiger partial charge in [0.25, 0.3) is 0 Å². The smallest absolute Gasteiger partial charge is 0.408 e. The van der Waals surface area contributed by atoms with Crippen molar-refractivity contribution in [3.63, 3.8) is 0 Å². The average molecular weight is 551 g/mol. The lowest BCUT2D eigenvalue weighted by molar-refractivity contribution is -0.123. The van der Waals surface area contributed by atoms with Gasteiger partial charge in [0.15, 0.2) is 12.4 Å². The van der Waals surface area contributed by atoms with Crippen LogP contribution in [0.4, 0.5) is 10.6 Å². The van der Waals surface area contributed by atoms with Crippen LogP contribution in [0.15, 0.2) is 72.0 Å². The van der Waals surface area contributed by atoms with Crippen molar-refractivity contribution in [2.75, 3.05) is 11.9 Å². The highest BCUT2D eigenvalue weighted by Crippen LogP contribution is 2.35. The molecule has 6 atom stereocenters. The Morgan fingerprint density at radius 2 is 1.75 bits per heavy atom. The zero-order valence-electron chi connectivity index (χ0n) is 21.3. The lowest BCUT2D eigenvalue weighted by Gasteiger charge is -2.24. The largest absolute Gasteiger partial charge is 0.445 e. The number of hydrogen-bond donors (Lipinski definition) is 6. The van der Waals surface area contributed by atoms with Crippen LogP contribution < -0.4 is 16.0 Å². The molecule has 13 heteroatoms. The van der Waals surface area contributed by atoms with Gasteiger partial charge in [-0.2, -0.15) is 0 Å². The third-order valence-corrected chi connectivity index (χ3v) is 6.68. The number of aromatic nitrogens is 2. The summed E-state index contributed by atoms with van der Waals surface area (Å²) in [5.74, 6) is -0.136. The summed E-state index contributed by atoms with van der Waals surface area (Å²) >= 11 is 0. The Labute approximate surface area is 229 Å². The van der Waals surface area contributed by atoms with Crippen LogP contribution in [-0.2, 0) is 27.3 Å². The predicted molar refractivity (Wildman–Crippen MR) is 142 cm³/mol. The third kappa shape index (κ3) is 5.97. The highest BCUT2D eigenvalue weighted by Gasteiger charge is 2.44. The number of benzene rings is 2. The van der Waals surface area contributed by atoms with Crippen LogP contribution in [0.25, 0.3) is 0 Å². The molecular weight excluding hydrogens is 520 g/mol. The molecule has 1 saturated heterocycles. The van der Waals surface area contributed by atoms with Crippen molar-refractivity contribution in [1.82, 2.24) is 20.2 Å². The molecule has 2 amide bonds. The number of carbonyl (C=O) groups is 2. The number of aliphatic hydroxyl groups is 3. The monoisotopic (exact) mass is 550 g/mol. The molecule has 210 valence electrons. The molecule has 3 heterocycles. The van der Waals surface area contributed by atoms with Crippen LogP contribution in [0, 0.1) is 0 Å². The number of ether oxygens (including phenoxy) is 2. The standard InChI is InChI=1S/C27H30N6O7/c34-12-19-21(35)22(36)26(40-19)33-15-30-20-23(28-14-29-24(20)33)32-25(37)18(11-16-7-3-1-4-8-16)31-27(38)39-13-17-9-5-2-6-10-17/h1-10,14-15,18-19,21-23,26,34-36H,11-13H2,(H,28,29)(H,31,38)(H,32,37)/t18-,19-,21+,22-,23+,26-/m1/s1. The van der Waals surface area contributed by atoms with Crippen LogP contribution in [0.1, 0.15) is 29.2 Å². The molecule has 13 nitrogen and oxygen atoms in total. The van der Waals surface area contributed by atoms with E-state index in [-0.39, 0.29) is 13.0 Å². The molecule has 2 aromatic carbocycles. The summed E-state index contributed by atoms with van der Waals surface area (Å²) in [4.78, 5) is 34.7. The Hall–Kier alpha value is -4.30. The van der Waals surface area contributed by atoms with Crippen molar-refractivity contribution in [2.45, 2.75) is 49.8 Å². The average Bonchev–Trinajstić information content (AvgIpc) is 3.53. The van der Waals surface area contributed by atoms with E-state index >= 15 is 0 Å². The van der Waals surface area contributed by atoms with Gasteiger partial charge in [-0.05, 0) is 11.1 Å². The van der Waals surface area contributed by atoms with E-state index in [2.05, 4.69) is 25.9 Å². The van der Waals surface area contributed by atoms with Gasteiger partial charge in [-0.15, -0.1) is 0 Å². The Morgan fingerprint density at radius 1 is 1.05 bits per heavy atom. The van der Waals surface area contributed by atoms with Crippen molar-refractivity contribution in [3.8, 4) is 0 Å². The normalized spacial score (nSPS) is 24.0. The molecule has 1 fully saturated rings. The molecule has 3 aromatic rings. The maximum atomic E-state index is 13.4. The van der Waals surface area contributed by atoms with Gasteiger partial charge in [0.1, 0.15) is 42.5 Å². The first-order valence-electron chi connectivity index (χ1n) is 12.7. The van der Waals surface area contributed by atoms with E-state index in [1.807, 2.05) is 60.7 Å². The minimum absolute atomic E-state index is 0.0483. The van der Waals surface area contributed by atoms with E-state index < -0.39 is 55.4 Å². The molecule has 40 heavy (non-hydrogen) atoms. The number of aliphatic imine (C=N–C) groups is 1. The maximum Gasteiger partial charge on any atom is 0.408 e. The first-order valence-corrected chi connectivity index (χ1v) is 12.7. The number of aliphatic hydroxyl groups excluding tert-OH is 3. The van der Waals surface area contributed by atoms with E-state index in [0.29, 0.717) is 11.5 Å². The summed E-state index contributed by atoms with van der Waals surface area (Å²) in [5, 5.41) is 38.4. The topological polar surface area (TPSA) is 180 Å². The molecule has 6 N–H and O–H groups in total. The van der Waals surface area contributed by atoms with Crippen LogP contribution in [0.5, 0.6) is 0 Å². The predicted octanol–water partition coefficient (Wildman–Crippen LogP) is 0.601. The number of nitrogens with zero attached hydrogens (tertiary/aromatic N) is 3. The minimum atomic E-state index is -1.31. The molecule has 2 aliphatic heterocycles. The number of alkyl carbamates (subject to hydrolysis) is 1. The van der Waals surface area contributed by atoms with Gasteiger partial charge in [-0.3, -0.25) is 9.36 Å². The number of carbonyl (C=O) groups excluding carboxylic acids is 2. The Balaban J connectivity index is 1.29. The fraction of sp³-hybridized carbons (Fsp3) is 0.333. The number of nitrogens with one attached hydrogen (secondary N) is 3. The van der Waals surface area contributed by atoms with Gasteiger partial charge < -0.3 is 40.7 Å². The molecule has 0 unspecified atom stereocenters. The van der Waals surface area contributed by atoms with E-state index in [1.54, 1.807) is 0 Å². The van der Waals surface area contributed by atoms with Gasteiger partial charge >= 0.3 is 6.09 Å². The molecule has 2 aliphatic rings. The first-order chi connectivity index (χ1) is 19.4. The number of rotatable bonds is 9. The van der Waals surface area contributed by atoms with Gasteiger partial charge in [0.2, 0.25) is 5.91 Å². The number of hydrogen-bond acceptors (Lipinski definition) is 10. The van der Waals surface area contributed by atoms with Crippen molar-refractivity contribution in [2.24, 2.45) is 4.99 Å². The van der Waals surface area contributed by atoms with E-state index in [0.717, 1.165) is 11.1 Å². The summed E-state index contributed by atoms with van der Waals surface area (Å²) in [6.45, 7) is -0.421. The fourth-order valence-corrected chi connectivity index (χ4v) is 4.58. The highest BCUT2D eigenvalue weighted by molar-refractivity contribution is 5.87. The molecule has 5 rings (SSSR count). The van der Waals surface area contributed by atoms with Crippen molar-refractivity contribution < 1.29 is 34.4 Å². The van der Waals surface area contributed by atoms with E-state index in [4.69, 9.17) is 9.47 Å². The van der Waals surface area contributed by atoms with Crippen LogP contribution in [0.2, 0.25) is 0 Å². The van der Waals surface area contributed by atoms with Crippen LogP contribution >= 0.6 is 0 Å². The number of amides is 2. The van der Waals surface area contributed by atoms with Crippen molar-refractivity contribution in [1.29, 1.82) is 0 Å². The second-order valence-corrected chi connectivity index (χ2v) is 9.40. The molecule has 0 radical (unpaired) electrons. The zero-order valence-corrected chi connectivity index (χ0v) is 21.3. The van der Waals surface area contributed by atoms with Crippen LogP contribution in [-0.4, -0.2) is 74.2 Å². The summed E-state index contributed by atoms with van der Waals surface area (Å²) in [7, 11) is 0. The Morgan fingerprint density at radius 3 is 2.42 bits per heavy atom. The Bertz CT molecular complexity index is 1340. The summed E-state index contributed by atoms with van der Waals surface area (Å²) in [6, 6.07) is 17.4.